The molecule has 0 aliphatic carbocycles. The molecule has 0 aromatic heterocycles. The summed E-state index contributed by atoms with van der Waals surface area (Å²) in [5.41, 5.74) is 3.11. The molecule has 6 heteroatoms. The second-order valence-corrected chi connectivity index (χ2v) is 9.26. The van der Waals surface area contributed by atoms with E-state index in [0.29, 0.717) is 22.8 Å². The first-order valence-corrected chi connectivity index (χ1v) is 11.3. The molecular weight excluding hydrogens is 490 g/mol. The van der Waals surface area contributed by atoms with Crippen molar-refractivity contribution in [3.8, 4) is 0 Å². The van der Waals surface area contributed by atoms with Crippen LogP contribution in [0.2, 0.25) is 0 Å². The van der Waals surface area contributed by atoms with Crippen LogP contribution in [0.4, 0.5) is 5.69 Å². The van der Waals surface area contributed by atoms with Gasteiger partial charge in [-0.1, -0.05) is 68.3 Å². The molecule has 0 unspecified atom stereocenters. The molecule has 0 bridgehead atoms. The van der Waals surface area contributed by atoms with Crippen LogP contribution in [-0.2, 0) is 22.3 Å². The largest absolute Gasteiger partial charge is 0.322 e. The van der Waals surface area contributed by atoms with E-state index in [1.165, 1.54) is 0 Å². The van der Waals surface area contributed by atoms with Gasteiger partial charge in [0.05, 0.1) is 5.75 Å². The van der Waals surface area contributed by atoms with Crippen LogP contribution < -0.4 is 5.32 Å². The molecule has 138 valence electrons. The van der Waals surface area contributed by atoms with E-state index in [0.717, 1.165) is 20.1 Å². The average Bonchev–Trinajstić information content (AvgIpc) is 2.66. The van der Waals surface area contributed by atoms with Gasteiger partial charge >= 0.3 is 0 Å². The van der Waals surface area contributed by atoms with E-state index in [-0.39, 0.29) is 5.91 Å². The summed E-state index contributed by atoms with van der Waals surface area (Å²) in [7, 11) is -1.09. The first-order valence-electron chi connectivity index (χ1n) is 8.25. The number of carbonyl (C=O) groups excluding carboxylic acids is 1. The van der Waals surface area contributed by atoms with E-state index < -0.39 is 10.8 Å². The minimum absolute atomic E-state index is 0.186. The quantitative estimate of drug-likeness (QED) is 0.451. The highest BCUT2D eigenvalue weighted by molar-refractivity contribution is 9.10. The lowest BCUT2D eigenvalue weighted by Crippen LogP contribution is -2.14. The Kier molecular flexibility index (Phi) is 6.99. The molecule has 0 heterocycles. The fourth-order valence-corrected chi connectivity index (χ4v) is 4.46. The molecule has 3 rings (SSSR count). The summed E-state index contributed by atoms with van der Waals surface area (Å²) in [6, 6.07) is 22.5. The molecule has 1 atom stereocenters. The van der Waals surface area contributed by atoms with Crippen molar-refractivity contribution in [1.82, 2.24) is 0 Å². The molecule has 0 saturated heterocycles. The van der Waals surface area contributed by atoms with Crippen molar-refractivity contribution in [3.05, 3.63) is 98.4 Å². The normalized spacial score (nSPS) is 11.8. The van der Waals surface area contributed by atoms with Gasteiger partial charge in [-0.05, 0) is 47.5 Å². The van der Waals surface area contributed by atoms with Crippen LogP contribution in [0.5, 0.6) is 0 Å². The van der Waals surface area contributed by atoms with Crippen LogP contribution >= 0.6 is 31.9 Å². The van der Waals surface area contributed by atoms with E-state index in [9.17, 15) is 9.00 Å². The molecule has 3 aromatic carbocycles. The maximum absolute atomic E-state index is 12.6. The van der Waals surface area contributed by atoms with E-state index in [1.54, 1.807) is 12.1 Å². The van der Waals surface area contributed by atoms with Crippen LogP contribution in [0.1, 0.15) is 21.5 Å². The second-order valence-electron chi connectivity index (χ2n) is 5.98. The van der Waals surface area contributed by atoms with Crippen molar-refractivity contribution in [2.24, 2.45) is 0 Å². The Hall–Kier alpha value is -1.76. The number of amides is 1. The Morgan fingerprint density at radius 1 is 0.852 bits per heavy atom. The Labute approximate surface area is 177 Å². The summed E-state index contributed by atoms with van der Waals surface area (Å²) in [4.78, 5) is 12.5. The third kappa shape index (κ3) is 5.86. The van der Waals surface area contributed by atoms with Crippen LogP contribution in [0, 0.1) is 0 Å². The van der Waals surface area contributed by atoms with E-state index in [2.05, 4.69) is 37.2 Å². The van der Waals surface area contributed by atoms with Gasteiger partial charge in [-0.25, -0.2) is 0 Å². The predicted octanol–water partition coefficient (Wildman–Crippen LogP) is 5.91. The van der Waals surface area contributed by atoms with Gasteiger partial charge in [0, 0.05) is 36.7 Å². The summed E-state index contributed by atoms with van der Waals surface area (Å²) in [6.45, 7) is 0. The number of hydrogen-bond acceptors (Lipinski definition) is 2. The fraction of sp³-hybridized carbons (Fsp3) is 0.0952. The molecule has 1 amide bonds. The zero-order chi connectivity index (χ0) is 19.2. The number of hydrogen-bond donors (Lipinski definition) is 1. The molecule has 3 aromatic rings. The Morgan fingerprint density at radius 2 is 1.52 bits per heavy atom. The van der Waals surface area contributed by atoms with E-state index >= 15 is 0 Å². The van der Waals surface area contributed by atoms with Crippen molar-refractivity contribution in [2.75, 3.05) is 5.32 Å². The third-order valence-electron chi connectivity index (χ3n) is 3.91. The number of benzene rings is 3. The van der Waals surface area contributed by atoms with Crippen LogP contribution in [-0.4, -0.2) is 10.1 Å². The summed E-state index contributed by atoms with van der Waals surface area (Å²) >= 11 is 6.84. The van der Waals surface area contributed by atoms with Gasteiger partial charge < -0.3 is 5.32 Å². The van der Waals surface area contributed by atoms with Gasteiger partial charge in [-0.3, -0.25) is 9.00 Å². The van der Waals surface area contributed by atoms with Crippen molar-refractivity contribution in [2.45, 2.75) is 11.5 Å². The highest BCUT2D eigenvalue weighted by atomic mass is 79.9. The zero-order valence-corrected chi connectivity index (χ0v) is 18.3. The number of nitrogens with one attached hydrogen (secondary N) is 1. The second kappa shape index (κ2) is 9.44. The first-order chi connectivity index (χ1) is 13.0. The molecule has 0 radical (unpaired) electrons. The fourth-order valence-electron chi connectivity index (χ4n) is 2.57. The van der Waals surface area contributed by atoms with Crippen molar-refractivity contribution in [3.63, 3.8) is 0 Å². The molecule has 0 saturated carbocycles. The van der Waals surface area contributed by atoms with E-state index in [4.69, 9.17) is 0 Å². The van der Waals surface area contributed by atoms with Gasteiger partial charge in [-0.2, -0.15) is 0 Å². The Morgan fingerprint density at radius 3 is 2.22 bits per heavy atom. The van der Waals surface area contributed by atoms with Crippen LogP contribution in [0.25, 0.3) is 0 Å². The maximum atomic E-state index is 12.6. The highest BCUT2D eigenvalue weighted by Crippen LogP contribution is 2.24. The minimum atomic E-state index is -1.09. The topological polar surface area (TPSA) is 46.2 Å². The smallest absolute Gasteiger partial charge is 0.255 e. The summed E-state index contributed by atoms with van der Waals surface area (Å²) in [5, 5.41) is 2.93. The number of anilines is 1. The molecule has 0 fully saturated rings. The van der Waals surface area contributed by atoms with Crippen molar-refractivity contribution < 1.29 is 9.00 Å². The van der Waals surface area contributed by atoms with Crippen LogP contribution in [0.15, 0.2) is 81.7 Å². The SMILES string of the molecule is O=C(Nc1cc(Br)ccc1C[S@@](=O)Cc1ccc(Br)cc1)c1ccccc1. The van der Waals surface area contributed by atoms with Crippen molar-refractivity contribution >= 4 is 54.3 Å². The molecule has 0 aliphatic rings. The monoisotopic (exact) mass is 505 g/mol. The summed E-state index contributed by atoms with van der Waals surface area (Å²) < 4.78 is 14.5. The Bertz CT molecular complexity index is 960. The van der Waals surface area contributed by atoms with Gasteiger partial charge in [0.2, 0.25) is 0 Å². The van der Waals surface area contributed by atoms with Gasteiger partial charge in [-0.15, -0.1) is 0 Å². The third-order valence-corrected chi connectivity index (χ3v) is 6.22. The molecule has 0 aliphatic heterocycles. The summed E-state index contributed by atoms with van der Waals surface area (Å²) in [6.07, 6.45) is 0. The van der Waals surface area contributed by atoms with Gasteiger partial charge in [0.15, 0.2) is 0 Å². The van der Waals surface area contributed by atoms with E-state index in [1.807, 2.05) is 60.7 Å². The number of carbonyl (C=O) groups is 1. The Balaban J connectivity index is 1.74. The summed E-state index contributed by atoms with van der Waals surface area (Å²) in [5.74, 6) is 0.650. The van der Waals surface area contributed by atoms with Crippen LogP contribution in [0.3, 0.4) is 0 Å². The standard InChI is InChI=1S/C21H17Br2NO2S/c22-18-9-6-15(7-10-18)13-27(26)14-17-8-11-19(23)12-20(17)24-21(25)16-4-2-1-3-5-16/h1-12H,13-14H2,(H,24,25)/t27-/m0/s1. The lowest BCUT2D eigenvalue weighted by atomic mass is 10.1. The number of rotatable bonds is 6. The lowest BCUT2D eigenvalue weighted by Gasteiger charge is -2.12. The molecule has 27 heavy (non-hydrogen) atoms. The molecular formula is C21H17Br2NO2S. The van der Waals surface area contributed by atoms with Gasteiger partial charge in [0.1, 0.15) is 0 Å². The molecule has 1 N–H and O–H groups in total. The highest BCUT2D eigenvalue weighted by Gasteiger charge is 2.12. The average molecular weight is 507 g/mol. The predicted molar refractivity (Wildman–Crippen MR) is 118 cm³/mol. The maximum Gasteiger partial charge on any atom is 0.255 e. The molecule has 0 spiro atoms. The number of halogens is 2. The van der Waals surface area contributed by atoms with Gasteiger partial charge in [0.25, 0.3) is 5.91 Å². The minimum Gasteiger partial charge on any atom is -0.322 e. The zero-order valence-electron chi connectivity index (χ0n) is 14.3. The lowest BCUT2D eigenvalue weighted by molar-refractivity contribution is 0.102. The van der Waals surface area contributed by atoms with Crippen molar-refractivity contribution in [1.29, 1.82) is 0 Å². The first kappa shape index (κ1) is 20.0. The molecule has 3 nitrogen and oxygen atoms in total.